The van der Waals surface area contributed by atoms with Gasteiger partial charge in [0.25, 0.3) is 10.0 Å². The minimum absolute atomic E-state index is 0.0545. The minimum Gasteiger partial charge on any atom is -0.331 e. The number of allylic oxidation sites excluding steroid dienone is 1. The van der Waals surface area contributed by atoms with Gasteiger partial charge in [-0.3, -0.25) is 4.68 Å². The number of halogens is 5. The van der Waals surface area contributed by atoms with Crippen LogP contribution in [0.2, 0.25) is 19.4 Å². The molecular formula is C22H19Cl4FN4O3S2. The molecule has 0 atom stereocenters. The Morgan fingerprint density at radius 2 is 1.86 bits per heavy atom. The Bertz CT molecular complexity index is 1430. The summed E-state index contributed by atoms with van der Waals surface area (Å²) < 4.78 is 43.5. The molecule has 2 amide bonds. The maximum atomic E-state index is 15.4. The maximum absolute atomic E-state index is 15.4. The van der Waals surface area contributed by atoms with E-state index >= 15 is 4.39 Å². The molecule has 2 N–H and O–H groups in total. The van der Waals surface area contributed by atoms with E-state index in [-0.39, 0.29) is 13.6 Å². The van der Waals surface area contributed by atoms with Crippen LogP contribution in [-0.4, -0.2) is 30.8 Å². The molecule has 0 radical (unpaired) electrons. The molecule has 0 saturated carbocycles. The van der Waals surface area contributed by atoms with Crippen molar-refractivity contribution in [1.29, 1.82) is 0 Å². The number of fused-ring (bicyclic) bond motifs is 1. The number of carbonyl (C=O) groups is 1. The van der Waals surface area contributed by atoms with Gasteiger partial charge in [0.05, 0.1) is 30.0 Å². The van der Waals surface area contributed by atoms with Crippen LogP contribution in [0.4, 0.5) is 9.18 Å². The van der Waals surface area contributed by atoms with Gasteiger partial charge < -0.3 is 5.32 Å². The zero-order valence-corrected chi connectivity index (χ0v) is 23.1. The van der Waals surface area contributed by atoms with Crippen molar-refractivity contribution in [2.45, 2.75) is 36.4 Å². The molecular weight excluding hydrogens is 593 g/mol. The predicted octanol–water partition coefficient (Wildman–Crippen LogP) is 6.70. The number of nitrogens with one attached hydrogen (secondary N) is 2. The van der Waals surface area contributed by atoms with Crippen LogP contribution in [-0.2, 0) is 23.0 Å². The first-order valence-corrected chi connectivity index (χ1v) is 14.5. The number of amides is 2. The fourth-order valence-electron chi connectivity index (χ4n) is 3.82. The van der Waals surface area contributed by atoms with Gasteiger partial charge in [-0.15, -0.1) is 11.3 Å². The summed E-state index contributed by atoms with van der Waals surface area (Å²) >= 11 is 24.6. The molecule has 192 valence electrons. The van der Waals surface area contributed by atoms with Gasteiger partial charge in [0.1, 0.15) is 14.4 Å². The van der Waals surface area contributed by atoms with Crippen molar-refractivity contribution < 1.29 is 17.6 Å². The molecule has 2 aromatic heterocycles. The number of rotatable bonds is 6. The third-order valence-electron chi connectivity index (χ3n) is 5.51. The van der Waals surface area contributed by atoms with Crippen LogP contribution in [0, 0.1) is 0 Å². The zero-order chi connectivity index (χ0) is 26.0. The molecule has 0 spiro atoms. The van der Waals surface area contributed by atoms with Crippen LogP contribution >= 0.6 is 57.7 Å². The van der Waals surface area contributed by atoms with E-state index < -0.39 is 28.4 Å². The van der Waals surface area contributed by atoms with Gasteiger partial charge in [0, 0.05) is 15.6 Å². The monoisotopic (exact) mass is 610 g/mol. The first-order chi connectivity index (χ1) is 17.0. The number of hydrogen-bond donors (Lipinski definition) is 2. The molecule has 36 heavy (non-hydrogen) atoms. The van der Waals surface area contributed by atoms with Crippen LogP contribution in [0.1, 0.15) is 36.1 Å². The van der Waals surface area contributed by atoms with Crippen molar-refractivity contribution in [2.24, 2.45) is 0 Å². The van der Waals surface area contributed by atoms with E-state index in [0.29, 0.717) is 45.6 Å². The number of sulfonamides is 1. The summed E-state index contributed by atoms with van der Waals surface area (Å²) in [5, 5.41) is 7.74. The Labute approximate surface area is 231 Å². The average molecular weight is 612 g/mol. The van der Waals surface area contributed by atoms with E-state index in [1.54, 1.807) is 29.1 Å². The molecule has 7 nitrogen and oxygen atoms in total. The average Bonchev–Trinajstić information content (AvgIpc) is 3.28. The first kappa shape index (κ1) is 27.2. The maximum Gasteiger partial charge on any atom is 0.329 e. The number of hydrogen-bond acceptors (Lipinski definition) is 5. The number of carbonyl (C=O) groups excluding carboxylic acids is 1. The van der Waals surface area contributed by atoms with E-state index in [1.807, 2.05) is 4.72 Å². The molecule has 4 rings (SSSR count). The number of aromatic nitrogens is 2. The van der Waals surface area contributed by atoms with Crippen molar-refractivity contribution in [3.63, 3.8) is 0 Å². The Morgan fingerprint density at radius 3 is 2.56 bits per heavy atom. The summed E-state index contributed by atoms with van der Waals surface area (Å²) in [5.41, 5.74) is 2.70. The normalized spacial score (nSPS) is 15.2. The molecule has 0 aliphatic heterocycles. The molecule has 1 aliphatic rings. The number of aryl methyl sites for hydroxylation is 1. The van der Waals surface area contributed by atoms with Crippen LogP contribution in [0.5, 0.6) is 0 Å². The number of urea groups is 1. The molecule has 1 aliphatic carbocycles. The van der Waals surface area contributed by atoms with Crippen molar-refractivity contribution >= 4 is 79.4 Å². The highest BCUT2D eigenvalue weighted by Crippen LogP contribution is 2.35. The summed E-state index contributed by atoms with van der Waals surface area (Å²) in [6.45, 7) is -0.199. The summed E-state index contributed by atoms with van der Waals surface area (Å²) in [6, 6.07) is 5.19. The van der Waals surface area contributed by atoms with Gasteiger partial charge >= 0.3 is 6.03 Å². The molecule has 14 heteroatoms. The van der Waals surface area contributed by atoms with E-state index in [0.717, 1.165) is 36.5 Å². The summed E-state index contributed by atoms with van der Waals surface area (Å²) in [7, 11) is -4.21. The van der Waals surface area contributed by atoms with Crippen molar-refractivity contribution in [2.75, 3.05) is 6.54 Å². The highest BCUT2D eigenvalue weighted by atomic mass is 35.5. The lowest BCUT2D eigenvalue weighted by Gasteiger charge is -2.14. The zero-order valence-electron chi connectivity index (χ0n) is 18.5. The van der Waals surface area contributed by atoms with E-state index in [2.05, 4.69) is 10.4 Å². The van der Waals surface area contributed by atoms with Gasteiger partial charge in [-0.2, -0.15) is 5.10 Å². The summed E-state index contributed by atoms with van der Waals surface area (Å²) in [4.78, 5) is 12.3. The topological polar surface area (TPSA) is 93.1 Å². The third kappa shape index (κ3) is 6.17. The van der Waals surface area contributed by atoms with Crippen molar-refractivity contribution in [3.8, 4) is 0 Å². The SMILES string of the molecule is O=C(NCC(F)=C1CCCCc2cnn(Cc3ccc(Cl)cc3Cl)c21)NS(=O)(=O)c1cc(Cl)c(Cl)s1. The van der Waals surface area contributed by atoms with E-state index in [9.17, 15) is 13.2 Å². The smallest absolute Gasteiger partial charge is 0.329 e. The highest BCUT2D eigenvalue weighted by molar-refractivity contribution is 7.92. The lowest BCUT2D eigenvalue weighted by Crippen LogP contribution is -2.39. The lowest BCUT2D eigenvalue weighted by molar-refractivity contribution is 0.246. The molecule has 0 fully saturated rings. The van der Waals surface area contributed by atoms with Gasteiger partial charge in [0.15, 0.2) is 0 Å². The van der Waals surface area contributed by atoms with E-state index in [1.165, 1.54) is 0 Å². The molecule has 0 unspecified atom stereocenters. The van der Waals surface area contributed by atoms with Crippen LogP contribution in [0.15, 0.2) is 40.5 Å². The van der Waals surface area contributed by atoms with Gasteiger partial charge in [-0.1, -0.05) is 52.5 Å². The largest absolute Gasteiger partial charge is 0.331 e. The lowest BCUT2D eigenvalue weighted by atomic mass is 10.0. The fraction of sp³-hybridized carbons (Fsp3) is 0.273. The quantitative estimate of drug-likeness (QED) is 0.303. The third-order valence-corrected chi connectivity index (χ3v) is 9.76. The Morgan fingerprint density at radius 1 is 1.11 bits per heavy atom. The van der Waals surface area contributed by atoms with Gasteiger partial charge in [-0.25, -0.2) is 22.3 Å². The Kier molecular flexibility index (Phi) is 8.53. The number of thiophene rings is 1. The second-order valence-electron chi connectivity index (χ2n) is 7.98. The molecule has 1 aromatic carbocycles. The summed E-state index contributed by atoms with van der Waals surface area (Å²) in [5.74, 6) is -0.586. The van der Waals surface area contributed by atoms with E-state index in [4.69, 9.17) is 46.4 Å². The molecule has 0 bridgehead atoms. The van der Waals surface area contributed by atoms with Crippen LogP contribution < -0.4 is 10.0 Å². The van der Waals surface area contributed by atoms with Crippen LogP contribution in [0.25, 0.3) is 5.57 Å². The first-order valence-electron chi connectivity index (χ1n) is 10.7. The standard InChI is InChI=1S/C22H19Cl4FN4O3S2/c23-14-6-5-13(16(24)7-14)11-31-20-12(9-29-31)3-1-2-4-15(20)18(27)10-28-22(32)30-36(33,34)19-8-17(25)21(26)35-19/h5-9H,1-4,10-11H2,(H2,28,30,32). The summed E-state index contributed by atoms with van der Waals surface area (Å²) in [6.07, 6.45) is 4.49. The predicted molar refractivity (Wildman–Crippen MR) is 141 cm³/mol. The molecule has 3 aromatic rings. The number of nitrogens with zero attached hydrogens (tertiary/aromatic N) is 2. The second kappa shape index (κ2) is 11.3. The number of benzene rings is 1. The van der Waals surface area contributed by atoms with Crippen molar-refractivity contribution in [1.82, 2.24) is 19.8 Å². The Balaban J connectivity index is 1.53. The highest BCUT2D eigenvalue weighted by Gasteiger charge is 2.24. The molecule has 0 saturated heterocycles. The minimum atomic E-state index is -4.21. The van der Waals surface area contributed by atoms with Crippen molar-refractivity contribution in [3.05, 3.63) is 72.5 Å². The Hall–Kier alpha value is -1.82. The fourth-order valence-corrected chi connectivity index (χ4v) is 7.10. The molecule has 2 heterocycles. The second-order valence-corrected chi connectivity index (χ2v) is 12.8. The van der Waals surface area contributed by atoms with Gasteiger partial charge in [0.2, 0.25) is 0 Å². The van der Waals surface area contributed by atoms with Crippen LogP contribution in [0.3, 0.4) is 0 Å². The van der Waals surface area contributed by atoms with Gasteiger partial charge in [-0.05, 0) is 55.0 Å².